The first kappa shape index (κ1) is 10.0. The minimum Gasteiger partial charge on any atom is -0.496 e. The third-order valence-corrected chi connectivity index (χ3v) is 2.65. The summed E-state index contributed by atoms with van der Waals surface area (Å²) in [6.45, 7) is 2.08. The molecule has 3 atom stereocenters. The topological polar surface area (TPSA) is 61.8 Å². The fourth-order valence-corrected chi connectivity index (χ4v) is 1.87. The molecule has 0 N–H and O–H groups in total. The summed E-state index contributed by atoms with van der Waals surface area (Å²) in [4.78, 5) is 22.6. The van der Waals surface area contributed by atoms with E-state index in [1.165, 1.54) is 13.4 Å². The Morgan fingerprint density at radius 2 is 2.27 bits per heavy atom. The summed E-state index contributed by atoms with van der Waals surface area (Å²) in [6.07, 6.45) is 1.15. The summed E-state index contributed by atoms with van der Waals surface area (Å²) < 4.78 is 14.6. The molecule has 0 aromatic carbocycles. The molecule has 0 unspecified atom stereocenters. The van der Waals surface area contributed by atoms with Crippen molar-refractivity contribution in [3.8, 4) is 0 Å². The van der Waals surface area contributed by atoms with Crippen LogP contribution in [0.5, 0.6) is 0 Å². The molecule has 0 saturated heterocycles. The molecule has 1 aliphatic heterocycles. The molecular weight excluding hydrogens is 200 g/mol. The lowest BCUT2D eigenvalue weighted by Crippen LogP contribution is -2.13. The second-order valence-corrected chi connectivity index (χ2v) is 3.47. The summed E-state index contributed by atoms with van der Waals surface area (Å²) in [5.41, 5.74) is 0.431. The van der Waals surface area contributed by atoms with Crippen molar-refractivity contribution in [3.63, 3.8) is 0 Å². The third-order valence-electron chi connectivity index (χ3n) is 2.65. The normalized spacial score (nSPS) is 31.1. The van der Waals surface area contributed by atoms with Gasteiger partial charge in [0.25, 0.3) is 0 Å². The number of methoxy groups -OCH3 is 1. The molecule has 1 heterocycles. The lowest BCUT2D eigenvalue weighted by atomic mass is 10.1. The quantitative estimate of drug-likeness (QED) is 0.627. The van der Waals surface area contributed by atoms with Crippen LogP contribution in [-0.4, -0.2) is 31.8 Å². The van der Waals surface area contributed by atoms with Crippen LogP contribution in [0.25, 0.3) is 0 Å². The smallest absolute Gasteiger partial charge is 0.337 e. The third kappa shape index (κ3) is 1.48. The fraction of sp³-hybridized carbons (Fsp3) is 0.600. The maximum atomic E-state index is 11.4. The highest BCUT2D eigenvalue weighted by molar-refractivity contribution is 5.93. The van der Waals surface area contributed by atoms with Gasteiger partial charge in [-0.2, -0.15) is 0 Å². The zero-order valence-electron chi connectivity index (χ0n) is 8.56. The summed E-state index contributed by atoms with van der Waals surface area (Å²) >= 11 is 0. The predicted octanol–water partition coefficient (Wildman–Crippen LogP) is 0.251. The van der Waals surface area contributed by atoms with Crippen molar-refractivity contribution in [2.45, 2.75) is 13.0 Å². The van der Waals surface area contributed by atoms with Gasteiger partial charge in [0, 0.05) is 5.92 Å². The lowest BCUT2D eigenvalue weighted by Gasteiger charge is -2.03. The SMILES string of the molecule is CCOC(=O)[C@@H]1[C@H]2OC=C(C(=O)OC)[C@H]21. The largest absolute Gasteiger partial charge is 0.496 e. The number of ether oxygens (including phenoxy) is 3. The Hall–Kier alpha value is -1.52. The van der Waals surface area contributed by atoms with Gasteiger partial charge in [0.2, 0.25) is 0 Å². The van der Waals surface area contributed by atoms with Crippen LogP contribution in [0.2, 0.25) is 0 Å². The van der Waals surface area contributed by atoms with Crippen molar-refractivity contribution < 1.29 is 23.8 Å². The highest BCUT2D eigenvalue weighted by Crippen LogP contribution is 2.52. The van der Waals surface area contributed by atoms with Crippen molar-refractivity contribution in [1.82, 2.24) is 0 Å². The van der Waals surface area contributed by atoms with Crippen LogP contribution in [0.4, 0.5) is 0 Å². The van der Waals surface area contributed by atoms with Crippen LogP contribution in [-0.2, 0) is 23.8 Å². The second kappa shape index (κ2) is 3.56. The van der Waals surface area contributed by atoms with E-state index in [0.29, 0.717) is 12.2 Å². The molecule has 1 aliphatic carbocycles. The van der Waals surface area contributed by atoms with E-state index >= 15 is 0 Å². The van der Waals surface area contributed by atoms with Crippen LogP contribution in [0.3, 0.4) is 0 Å². The van der Waals surface area contributed by atoms with Crippen molar-refractivity contribution in [1.29, 1.82) is 0 Å². The standard InChI is InChI=1S/C10H12O5/c1-3-14-10(12)7-6-5(9(11)13-2)4-15-8(6)7/h4,6-8H,3H2,1-2H3/t6-,7-,8-/m0/s1. The van der Waals surface area contributed by atoms with E-state index in [2.05, 4.69) is 4.74 Å². The maximum absolute atomic E-state index is 11.4. The van der Waals surface area contributed by atoms with Crippen LogP contribution < -0.4 is 0 Å². The molecule has 0 spiro atoms. The van der Waals surface area contributed by atoms with Gasteiger partial charge in [-0.15, -0.1) is 0 Å². The van der Waals surface area contributed by atoms with Gasteiger partial charge in [-0.3, -0.25) is 4.79 Å². The van der Waals surface area contributed by atoms with Gasteiger partial charge in [0.15, 0.2) is 0 Å². The number of carbonyl (C=O) groups is 2. The van der Waals surface area contributed by atoms with Crippen molar-refractivity contribution in [2.24, 2.45) is 11.8 Å². The number of hydrogen-bond donors (Lipinski definition) is 0. The minimum atomic E-state index is -0.436. The molecule has 0 amide bonds. The van der Waals surface area contributed by atoms with Crippen LogP contribution in [0, 0.1) is 11.8 Å². The Balaban J connectivity index is 2.00. The van der Waals surface area contributed by atoms with E-state index in [-0.39, 0.29) is 23.9 Å². The van der Waals surface area contributed by atoms with Gasteiger partial charge in [-0.25, -0.2) is 4.79 Å². The zero-order valence-corrected chi connectivity index (χ0v) is 8.56. The lowest BCUT2D eigenvalue weighted by molar-refractivity contribution is -0.145. The Bertz CT molecular complexity index is 333. The molecule has 15 heavy (non-hydrogen) atoms. The summed E-state index contributed by atoms with van der Waals surface area (Å²) in [5.74, 6) is -1.24. The molecule has 0 radical (unpaired) electrons. The van der Waals surface area contributed by atoms with Crippen LogP contribution >= 0.6 is 0 Å². The fourth-order valence-electron chi connectivity index (χ4n) is 1.87. The van der Waals surface area contributed by atoms with E-state index in [1.54, 1.807) is 6.92 Å². The molecule has 5 heteroatoms. The maximum Gasteiger partial charge on any atom is 0.337 e. The number of hydrogen-bond acceptors (Lipinski definition) is 5. The van der Waals surface area contributed by atoms with Gasteiger partial charge in [0.05, 0.1) is 25.6 Å². The van der Waals surface area contributed by atoms with Crippen molar-refractivity contribution in [2.75, 3.05) is 13.7 Å². The minimum absolute atomic E-state index is 0.170. The molecule has 82 valence electrons. The first-order valence-corrected chi connectivity index (χ1v) is 4.81. The van der Waals surface area contributed by atoms with Crippen molar-refractivity contribution >= 4 is 11.9 Å². The Morgan fingerprint density at radius 1 is 1.53 bits per heavy atom. The van der Waals surface area contributed by atoms with Gasteiger partial charge in [0.1, 0.15) is 12.0 Å². The Labute approximate surface area is 87.0 Å². The summed E-state index contributed by atoms with van der Waals surface area (Å²) in [6, 6.07) is 0. The number of rotatable bonds is 3. The first-order valence-electron chi connectivity index (χ1n) is 4.81. The van der Waals surface area contributed by atoms with E-state index in [1.807, 2.05) is 0 Å². The monoisotopic (exact) mass is 212 g/mol. The van der Waals surface area contributed by atoms with Gasteiger partial charge >= 0.3 is 11.9 Å². The molecule has 1 saturated carbocycles. The average molecular weight is 212 g/mol. The molecular formula is C10H12O5. The molecule has 1 fully saturated rings. The van der Waals surface area contributed by atoms with E-state index in [4.69, 9.17) is 9.47 Å². The van der Waals surface area contributed by atoms with Gasteiger partial charge < -0.3 is 14.2 Å². The van der Waals surface area contributed by atoms with Crippen LogP contribution in [0.1, 0.15) is 6.92 Å². The summed E-state index contributed by atoms with van der Waals surface area (Å²) in [7, 11) is 1.30. The molecule has 2 aliphatic rings. The number of esters is 2. The Kier molecular flexibility index (Phi) is 2.38. The number of fused-ring (bicyclic) bond motifs is 1. The number of carbonyl (C=O) groups excluding carboxylic acids is 2. The van der Waals surface area contributed by atoms with E-state index < -0.39 is 5.97 Å². The highest BCUT2D eigenvalue weighted by atomic mass is 16.5. The second-order valence-electron chi connectivity index (χ2n) is 3.47. The molecule has 2 rings (SSSR count). The molecule has 0 bridgehead atoms. The molecule has 0 aromatic heterocycles. The van der Waals surface area contributed by atoms with E-state index in [9.17, 15) is 9.59 Å². The first-order chi connectivity index (χ1) is 7.20. The zero-order chi connectivity index (χ0) is 11.0. The van der Waals surface area contributed by atoms with Gasteiger partial charge in [-0.1, -0.05) is 0 Å². The average Bonchev–Trinajstić information content (AvgIpc) is 2.79. The van der Waals surface area contributed by atoms with Crippen molar-refractivity contribution in [3.05, 3.63) is 11.8 Å². The van der Waals surface area contributed by atoms with E-state index in [0.717, 1.165) is 0 Å². The Morgan fingerprint density at radius 3 is 2.87 bits per heavy atom. The molecule has 0 aromatic rings. The molecule has 5 nitrogen and oxygen atoms in total. The highest BCUT2D eigenvalue weighted by Gasteiger charge is 2.64. The van der Waals surface area contributed by atoms with Crippen LogP contribution in [0.15, 0.2) is 11.8 Å². The summed E-state index contributed by atoms with van der Waals surface area (Å²) in [5, 5.41) is 0. The predicted molar refractivity (Wildman–Crippen MR) is 48.6 cm³/mol. The van der Waals surface area contributed by atoms with Gasteiger partial charge in [-0.05, 0) is 6.92 Å².